The second kappa shape index (κ2) is 8.58. The minimum atomic E-state index is -3.89. The van der Waals surface area contributed by atoms with Gasteiger partial charge in [-0.1, -0.05) is 18.2 Å². The lowest BCUT2D eigenvalue weighted by atomic mass is 10.1. The third-order valence-electron chi connectivity index (χ3n) is 6.09. The fraction of sp³-hybridized carbons (Fsp3) is 0.200. The first kappa shape index (κ1) is 22.1. The summed E-state index contributed by atoms with van der Waals surface area (Å²) < 4.78 is 33.9. The van der Waals surface area contributed by atoms with Gasteiger partial charge in [-0.3, -0.25) is 9.59 Å². The number of rotatable bonds is 6. The van der Waals surface area contributed by atoms with E-state index in [0.717, 1.165) is 27.2 Å². The molecule has 2 heterocycles. The van der Waals surface area contributed by atoms with Crippen molar-refractivity contribution in [3.8, 4) is 5.75 Å². The molecule has 2 N–H and O–H groups in total. The summed E-state index contributed by atoms with van der Waals surface area (Å²) in [7, 11) is -2.33. The molecule has 1 amide bonds. The molecule has 0 aliphatic carbocycles. The highest BCUT2D eigenvalue weighted by Crippen LogP contribution is 2.25. The average Bonchev–Trinajstić information content (AvgIpc) is 3.16. The summed E-state index contributed by atoms with van der Waals surface area (Å²) in [6, 6.07) is 18.3. The van der Waals surface area contributed by atoms with Gasteiger partial charge in [0.1, 0.15) is 11.8 Å². The maximum atomic E-state index is 13.0. The Hall–Kier alpha value is -3.69. The molecule has 0 bridgehead atoms. The van der Waals surface area contributed by atoms with Gasteiger partial charge in [0.05, 0.1) is 12.0 Å². The maximum Gasteiger partial charge on any atom is 0.248 e. The maximum absolute atomic E-state index is 13.0. The third kappa shape index (κ3) is 4.27. The highest BCUT2D eigenvalue weighted by molar-refractivity contribution is 7.89. The van der Waals surface area contributed by atoms with E-state index >= 15 is 0 Å². The predicted octanol–water partition coefficient (Wildman–Crippen LogP) is 2.77. The Morgan fingerprint density at radius 3 is 2.59 bits per heavy atom. The number of hydrogen-bond acceptors (Lipinski definition) is 5. The molecule has 174 valence electrons. The van der Waals surface area contributed by atoms with E-state index in [1.807, 2.05) is 30.3 Å². The van der Waals surface area contributed by atoms with Crippen LogP contribution in [0, 0.1) is 0 Å². The van der Waals surface area contributed by atoms with Gasteiger partial charge in [-0.25, -0.2) is 8.42 Å². The molecule has 0 spiro atoms. The fourth-order valence-corrected chi connectivity index (χ4v) is 5.54. The number of benzene rings is 3. The molecule has 9 heteroatoms. The molecule has 8 nitrogen and oxygen atoms in total. The summed E-state index contributed by atoms with van der Waals surface area (Å²) in [5.74, 6) is 0.379. The molecular formula is C25H23N3O5S. The first-order valence-corrected chi connectivity index (χ1v) is 12.3. The molecule has 1 aliphatic heterocycles. The number of aromatic amines is 1. The minimum Gasteiger partial charge on any atom is -0.497 e. The molecule has 1 atom stereocenters. The molecule has 1 fully saturated rings. The average molecular weight is 478 g/mol. The van der Waals surface area contributed by atoms with Crippen molar-refractivity contribution < 1.29 is 17.9 Å². The summed E-state index contributed by atoms with van der Waals surface area (Å²) in [6.45, 7) is 0.812. The van der Waals surface area contributed by atoms with E-state index in [1.54, 1.807) is 36.3 Å². The van der Waals surface area contributed by atoms with Crippen molar-refractivity contribution in [2.75, 3.05) is 13.7 Å². The van der Waals surface area contributed by atoms with E-state index in [1.165, 1.54) is 12.1 Å². The number of amides is 1. The SMILES string of the molecule is COc1ccc2ccc(S(=O)(=O)N[C@H]3CCN(Cc4ccc5[nH]c(=O)ccc5c4)C3=O)cc2c1. The number of nitrogens with one attached hydrogen (secondary N) is 2. The summed E-state index contributed by atoms with van der Waals surface area (Å²) >= 11 is 0. The topological polar surface area (TPSA) is 109 Å². The highest BCUT2D eigenvalue weighted by atomic mass is 32.2. The third-order valence-corrected chi connectivity index (χ3v) is 7.55. The van der Waals surface area contributed by atoms with E-state index in [9.17, 15) is 18.0 Å². The van der Waals surface area contributed by atoms with Gasteiger partial charge >= 0.3 is 0 Å². The largest absolute Gasteiger partial charge is 0.497 e. The van der Waals surface area contributed by atoms with Crippen molar-refractivity contribution in [1.82, 2.24) is 14.6 Å². The molecule has 5 rings (SSSR count). The van der Waals surface area contributed by atoms with Crippen LogP contribution in [0.15, 0.2) is 76.4 Å². The van der Waals surface area contributed by atoms with Gasteiger partial charge in [-0.05, 0) is 70.6 Å². The molecule has 0 unspecified atom stereocenters. The second-order valence-corrected chi connectivity index (χ2v) is 10.1. The summed E-state index contributed by atoms with van der Waals surface area (Å²) in [5, 5.41) is 2.50. The summed E-state index contributed by atoms with van der Waals surface area (Å²) in [4.78, 5) is 28.9. The number of methoxy groups -OCH3 is 1. The van der Waals surface area contributed by atoms with Gasteiger partial charge in [0, 0.05) is 24.7 Å². The molecular weight excluding hydrogens is 454 g/mol. The zero-order chi connectivity index (χ0) is 23.9. The Morgan fingerprint density at radius 1 is 0.971 bits per heavy atom. The quantitative estimate of drug-likeness (QED) is 0.444. The number of carbonyl (C=O) groups excluding carboxylic acids is 1. The predicted molar refractivity (Wildman–Crippen MR) is 129 cm³/mol. The Bertz CT molecular complexity index is 1580. The molecule has 34 heavy (non-hydrogen) atoms. The number of H-pyrrole nitrogens is 1. The highest BCUT2D eigenvalue weighted by Gasteiger charge is 2.35. The van der Waals surface area contributed by atoms with Crippen LogP contribution in [-0.2, 0) is 21.4 Å². The normalized spacial score (nSPS) is 16.4. The van der Waals surface area contributed by atoms with Crippen LogP contribution in [0.2, 0.25) is 0 Å². The fourth-order valence-electron chi connectivity index (χ4n) is 4.28. The molecule has 4 aromatic rings. The lowest BCUT2D eigenvalue weighted by molar-refractivity contribution is -0.129. The lowest BCUT2D eigenvalue weighted by Crippen LogP contribution is -2.41. The van der Waals surface area contributed by atoms with Gasteiger partial charge in [-0.15, -0.1) is 0 Å². The standard InChI is InChI=1S/C25H23N3O5S/c1-33-20-6-3-17-4-7-21(14-19(17)13-20)34(31,32)27-23-10-11-28(25(23)30)15-16-2-8-22-18(12-16)5-9-24(29)26-22/h2-9,12-14,23,27H,10-11,15H2,1H3,(H,26,29)/t23-/m0/s1. The van der Waals surface area contributed by atoms with Crippen molar-refractivity contribution in [2.45, 2.75) is 23.9 Å². The van der Waals surface area contributed by atoms with Gasteiger partial charge in [0.25, 0.3) is 0 Å². The van der Waals surface area contributed by atoms with Crippen molar-refractivity contribution >= 4 is 37.6 Å². The van der Waals surface area contributed by atoms with Gasteiger partial charge in [0.2, 0.25) is 21.5 Å². The number of nitrogens with zero attached hydrogens (tertiary/aromatic N) is 1. The number of fused-ring (bicyclic) bond motifs is 2. The molecule has 1 saturated heterocycles. The van der Waals surface area contributed by atoms with Crippen molar-refractivity contribution in [2.24, 2.45) is 0 Å². The van der Waals surface area contributed by atoms with Crippen LogP contribution in [0.25, 0.3) is 21.7 Å². The number of likely N-dealkylation sites (tertiary alicyclic amines) is 1. The first-order chi connectivity index (χ1) is 16.3. The molecule has 3 aromatic carbocycles. The number of sulfonamides is 1. The number of aromatic nitrogens is 1. The number of carbonyl (C=O) groups is 1. The minimum absolute atomic E-state index is 0.100. The number of pyridine rings is 1. The lowest BCUT2D eigenvalue weighted by Gasteiger charge is -2.18. The van der Waals surface area contributed by atoms with Crippen LogP contribution in [0.4, 0.5) is 0 Å². The van der Waals surface area contributed by atoms with E-state index in [4.69, 9.17) is 4.74 Å². The second-order valence-electron chi connectivity index (χ2n) is 8.34. The van der Waals surface area contributed by atoms with Crippen molar-refractivity contribution in [3.63, 3.8) is 0 Å². The molecule has 1 aromatic heterocycles. The van der Waals surface area contributed by atoms with E-state index in [2.05, 4.69) is 9.71 Å². The zero-order valence-corrected chi connectivity index (χ0v) is 19.3. The van der Waals surface area contributed by atoms with Crippen LogP contribution in [-0.4, -0.2) is 43.9 Å². The Balaban J connectivity index is 1.31. The molecule has 0 radical (unpaired) electrons. The van der Waals surface area contributed by atoms with Gasteiger partial charge in [0.15, 0.2) is 0 Å². The van der Waals surface area contributed by atoms with Crippen LogP contribution in [0.5, 0.6) is 5.75 Å². The monoisotopic (exact) mass is 477 g/mol. The molecule has 1 aliphatic rings. The Kier molecular flexibility index (Phi) is 5.59. The number of ether oxygens (including phenoxy) is 1. The van der Waals surface area contributed by atoms with Crippen LogP contribution in [0.1, 0.15) is 12.0 Å². The van der Waals surface area contributed by atoms with Gasteiger partial charge in [-0.2, -0.15) is 4.72 Å². The summed E-state index contributed by atoms with van der Waals surface area (Å²) in [6.07, 6.45) is 0.389. The molecule has 0 saturated carbocycles. The zero-order valence-electron chi connectivity index (χ0n) is 18.4. The summed E-state index contributed by atoms with van der Waals surface area (Å²) in [5.41, 5.74) is 1.46. The van der Waals surface area contributed by atoms with Crippen LogP contribution in [0.3, 0.4) is 0 Å². The van der Waals surface area contributed by atoms with E-state index < -0.39 is 16.1 Å². The van der Waals surface area contributed by atoms with Crippen LogP contribution >= 0.6 is 0 Å². The first-order valence-electron chi connectivity index (χ1n) is 10.8. The van der Waals surface area contributed by atoms with E-state index in [0.29, 0.717) is 25.3 Å². The number of hydrogen-bond donors (Lipinski definition) is 2. The van der Waals surface area contributed by atoms with Crippen molar-refractivity contribution in [3.05, 3.63) is 82.6 Å². The van der Waals surface area contributed by atoms with Gasteiger partial charge < -0.3 is 14.6 Å². The smallest absolute Gasteiger partial charge is 0.248 e. The Morgan fingerprint density at radius 2 is 1.76 bits per heavy atom. The van der Waals surface area contributed by atoms with Crippen LogP contribution < -0.4 is 15.0 Å². The Labute approximate surface area is 196 Å². The van der Waals surface area contributed by atoms with E-state index in [-0.39, 0.29) is 16.4 Å². The van der Waals surface area contributed by atoms with Crippen molar-refractivity contribution in [1.29, 1.82) is 0 Å².